The number of hydrogen-bond acceptors (Lipinski definition) is 6. The smallest absolute Gasteiger partial charge is 0.319 e. The van der Waals surface area contributed by atoms with Crippen LogP contribution in [-0.2, 0) is 16.6 Å². The summed E-state index contributed by atoms with van der Waals surface area (Å²) in [6, 6.07) is 14.8. The van der Waals surface area contributed by atoms with Crippen molar-refractivity contribution in [2.45, 2.75) is 19.4 Å². The first-order chi connectivity index (χ1) is 16.3. The van der Waals surface area contributed by atoms with Crippen LogP contribution in [0.4, 0.5) is 10.5 Å². The average Bonchev–Trinajstić information content (AvgIpc) is 2.84. The molecule has 0 aliphatic rings. The van der Waals surface area contributed by atoms with E-state index in [9.17, 15) is 19.5 Å². The topological polar surface area (TPSA) is 119 Å². The number of nitrogens with one attached hydrogen (secondary N) is 2. The zero-order valence-electron chi connectivity index (χ0n) is 19.2. The number of methoxy groups -OCH3 is 1. The lowest BCUT2D eigenvalue weighted by molar-refractivity contribution is -0.143. The summed E-state index contributed by atoms with van der Waals surface area (Å²) in [4.78, 5) is 37.5. The first kappa shape index (κ1) is 24.4. The van der Waals surface area contributed by atoms with Crippen molar-refractivity contribution in [1.29, 1.82) is 0 Å². The second-order valence-corrected chi connectivity index (χ2v) is 7.47. The largest absolute Gasteiger partial charge is 0.505 e. The molecule has 2 amide bonds. The Morgan fingerprint density at radius 3 is 2.50 bits per heavy atom. The van der Waals surface area contributed by atoms with Gasteiger partial charge in [-0.3, -0.25) is 9.59 Å². The monoisotopic (exact) mass is 465 g/mol. The first-order valence-corrected chi connectivity index (χ1v) is 10.7. The third-order valence-corrected chi connectivity index (χ3v) is 5.18. The number of aromatic hydroxyl groups is 1. The van der Waals surface area contributed by atoms with E-state index < -0.39 is 23.6 Å². The van der Waals surface area contributed by atoms with Crippen molar-refractivity contribution in [3.05, 3.63) is 76.7 Å². The van der Waals surface area contributed by atoms with Crippen molar-refractivity contribution in [1.82, 2.24) is 9.88 Å². The van der Waals surface area contributed by atoms with Crippen LogP contribution >= 0.6 is 0 Å². The number of pyridine rings is 1. The summed E-state index contributed by atoms with van der Waals surface area (Å²) >= 11 is 0. The summed E-state index contributed by atoms with van der Waals surface area (Å²) in [6.45, 7) is 1.88. The minimum absolute atomic E-state index is 0.172. The number of esters is 1. The molecule has 1 aromatic heterocycles. The van der Waals surface area contributed by atoms with Gasteiger partial charge in [-0.05, 0) is 36.2 Å². The molecule has 3 aromatic rings. The van der Waals surface area contributed by atoms with Gasteiger partial charge in [-0.1, -0.05) is 36.4 Å². The zero-order valence-corrected chi connectivity index (χ0v) is 19.2. The molecule has 0 radical (unpaired) electrons. The molecule has 0 spiro atoms. The second-order valence-electron chi connectivity index (χ2n) is 7.47. The maximum atomic E-state index is 12.8. The number of amides is 2. The summed E-state index contributed by atoms with van der Waals surface area (Å²) < 4.78 is 11.8. The van der Waals surface area contributed by atoms with Crippen molar-refractivity contribution in [2.75, 3.05) is 19.0 Å². The number of aromatic nitrogens is 1. The Kier molecular flexibility index (Phi) is 7.92. The molecule has 9 nitrogen and oxygen atoms in total. The quantitative estimate of drug-likeness (QED) is 0.438. The minimum Gasteiger partial charge on any atom is -0.505 e. The highest BCUT2D eigenvalue weighted by Gasteiger charge is 2.24. The van der Waals surface area contributed by atoms with E-state index in [0.29, 0.717) is 11.3 Å². The van der Waals surface area contributed by atoms with Crippen LogP contribution in [0.25, 0.3) is 11.1 Å². The van der Waals surface area contributed by atoms with Gasteiger partial charge < -0.3 is 29.8 Å². The molecule has 0 saturated carbocycles. The Morgan fingerprint density at radius 2 is 1.82 bits per heavy atom. The van der Waals surface area contributed by atoms with Gasteiger partial charge in [0.2, 0.25) is 0 Å². The zero-order chi connectivity index (χ0) is 24.7. The molecule has 0 saturated heterocycles. The number of nitrogens with zero attached hydrogens (tertiary/aromatic N) is 1. The molecule has 1 unspecified atom stereocenters. The molecular formula is C25H27N3O6. The molecule has 178 valence electrons. The molecule has 34 heavy (non-hydrogen) atoms. The van der Waals surface area contributed by atoms with E-state index in [-0.39, 0.29) is 24.5 Å². The number of anilines is 1. The molecule has 0 fully saturated rings. The Morgan fingerprint density at radius 1 is 1.09 bits per heavy atom. The number of aryl methyl sites for hydroxylation is 1. The van der Waals surface area contributed by atoms with Gasteiger partial charge >= 0.3 is 12.0 Å². The fraction of sp³-hybridized carbons (Fsp3) is 0.240. The van der Waals surface area contributed by atoms with Crippen LogP contribution < -0.4 is 20.9 Å². The average molecular weight is 466 g/mol. The van der Waals surface area contributed by atoms with Crippen LogP contribution in [-0.4, -0.2) is 35.4 Å². The van der Waals surface area contributed by atoms with Gasteiger partial charge in [0.1, 0.15) is 11.5 Å². The summed E-state index contributed by atoms with van der Waals surface area (Å²) in [5.41, 5.74) is 1.51. The molecule has 1 heterocycles. The van der Waals surface area contributed by atoms with Gasteiger partial charge in [-0.2, -0.15) is 0 Å². The third kappa shape index (κ3) is 5.74. The Labute approximate surface area is 197 Å². The molecule has 1 atom stereocenters. The number of benzene rings is 2. The van der Waals surface area contributed by atoms with Crippen LogP contribution in [0.3, 0.4) is 0 Å². The number of ether oxygens (including phenoxy) is 2. The number of carbonyl (C=O) groups is 2. The number of urea groups is 1. The Bertz CT molecular complexity index is 1220. The van der Waals surface area contributed by atoms with Crippen LogP contribution in [0.2, 0.25) is 0 Å². The van der Waals surface area contributed by atoms with Crippen LogP contribution in [0.15, 0.2) is 65.6 Å². The molecule has 2 aromatic carbocycles. The highest BCUT2D eigenvalue weighted by Crippen LogP contribution is 2.32. The van der Waals surface area contributed by atoms with Gasteiger partial charge in [0.15, 0.2) is 5.69 Å². The fourth-order valence-electron chi connectivity index (χ4n) is 3.49. The highest BCUT2D eigenvalue weighted by molar-refractivity contribution is 5.91. The van der Waals surface area contributed by atoms with Crippen molar-refractivity contribution >= 4 is 17.7 Å². The predicted octanol–water partition coefficient (Wildman–Crippen LogP) is 3.58. The summed E-state index contributed by atoms with van der Waals surface area (Å²) in [5, 5.41) is 15.1. The Balaban J connectivity index is 1.96. The normalized spacial score (nSPS) is 11.4. The van der Waals surface area contributed by atoms with Gasteiger partial charge in [-0.25, -0.2) is 4.79 Å². The van der Waals surface area contributed by atoms with Crippen LogP contribution in [0.1, 0.15) is 24.9 Å². The van der Waals surface area contributed by atoms with Crippen molar-refractivity contribution in [3.8, 4) is 22.6 Å². The maximum Gasteiger partial charge on any atom is 0.319 e. The van der Waals surface area contributed by atoms with Crippen molar-refractivity contribution in [2.24, 2.45) is 7.05 Å². The number of carbonyl (C=O) groups excluding carboxylic acids is 2. The van der Waals surface area contributed by atoms with E-state index in [1.54, 1.807) is 13.0 Å². The van der Waals surface area contributed by atoms with Crippen LogP contribution in [0.5, 0.6) is 11.5 Å². The minimum atomic E-state index is -0.840. The SMILES string of the molecule is CCOC(=O)CC(NC(=O)Nc1c(O)ccn(C)c1=O)c1cc(-c2ccccc2)ccc1OC. The standard InChI is InChI=1S/C25H27N3O6/c1-4-34-22(30)15-19(26-25(32)27-23-20(29)12-13-28(2)24(23)31)18-14-17(10-11-21(18)33-3)16-8-6-5-7-9-16/h5-14,19,29H,4,15H2,1-3H3,(H2,26,27,32). The molecule has 0 bridgehead atoms. The molecule has 0 aliphatic heterocycles. The molecular weight excluding hydrogens is 438 g/mol. The van der Waals surface area contributed by atoms with E-state index in [4.69, 9.17) is 9.47 Å². The maximum absolute atomic E-state index is 12.8. The van der Waals surface area contributed by atoms with Crippen molar-refractivity contribution in [3.63, 3.8) is 0 Å². The lowest BCUT2D eigenvalue weighted by Crippen LogP contribution is -2.36. The van der Waals surface area contributed by atoms with Gasteiger partial charge in [-0.15, -0.1) is 0 Å². The number of rotatable bonds is 8. The summed E-state index contributed by atoms with van der Waals surface area (Å²) in [7, 11) is 2.99. The van der Waals surface area contributed by atoms with Gasteiger partial charge in [0.25, 0.3) is 5.56 Å². The van der Waals surface area contributed by atoms with Gasteiger partial charge in [0, 0.05) is 18.8 Å². The lowest BCUT2D eigenvalue weighted by Gasteiger charge is -2.22. The van der Waals surface area contributed by atoms with E-state index in [2.05, 4.69) is 10.6 Å². The summed E-state index contributed by atoms with van der Waals surface area (Å²) in [5.74, 6) is -0.421. The molecule has 3 N–H and O–H groups in total. The van der Waals surface area contributed by atoms with Gasteiger partial charge in [0.05, 0.1) is 26.2 Å². The lowest BCUT2D eigenvalue weighted by atomic mass is 9.96. The third-order valence-electron chi connectivity index (χ3n) is 5.18. The van der Waals surface area contributed by atoms with Crippen molar-refractivity contribution < 1.29 is 24.2 Å². The van der Waals surface area contributed by atoms with E-state index in [1.807, 2.05) is 42.5 Å². The second kappa shape index (κ2) is 11.0. The molecule has 0 aliphatic carbocycles. The van der Waals surface area contributed by atoms with E-state index in [0.717, 1.165) is 11.1 Å². The van der Waals surface area contributed by atoms with Crippen LogP contribution in [0, 0.1) is 0 Å². The fourth-order valence-corrected chi connectivity index (χ4v) is 3.49. The number of hydrogen-bond donors (Lipinski definition) is 3. The Hall–Kier alpha value is -4.27. The summed E-state index contributed by atoms with van der Waals surface area (Å²) in [6.07, 6.45) is 1.21. The molecule has 9 heteroatoms. The first-order valence-electron chi connectivity index (χ1n) is 10.7. The highest BCUT2D eigenvalue weighted by atomic mass is 16.5. The van der Waals surface area contributed by atoms with E-state index in [1.165, 1.54) is 31.0 Å². The molecule has 3 rings (SSSR count). The van der Waals surface area contributed by atoms with E-state index >= 15 is 0 Å². The predicted molar refractivity (Wildman–Crippen MR) is 128 cm³/mol.